The average Bonchev–Trinajstić information content (AvgIpc) is 2.60. The molecule has 0 amide bonds. The molecule has 1 aromatic heterocycles. The molecule has 132 valence electrons. The molecule has 0 spiro atoms. The third kappa shape index (κ3) is 3.75. The van der Waals surface area contributed by atoms with Crippen LogP contribution in [0.5, 0.6) is 0 Å². The molecule has 5 heteroatoms. The van der Waals surface area contributed by atoms with Crippen LogP contribution < -0.4 is 5.56 Å². The molecule has 26 heavy (non-hydrogen) atoms. The molecular formula is C21H19ClN2O2. The summed E-state index contributed by atoms with van der Waals surface area (Å²) in [6, 6.07) is 14.1. The van der Waals surface area contributed by atoms with E-state index in [1.54, 1.807) is 18.2 Å². The average molecular weight is 367 g/mol. The first kappa shape index (κ1) is 18.1. The van der Waals surface area contributed by atoms with Crippen molar-refractivity contribution in [3.8, 4) is 11.3 Å². The standard InChI is InChI=1S/C21H19ClN2O2/c1-13-9-15(3)18(10-14(13)2)20(25)12-24-21(26)8-7-19(23-24)16-5-4-6-17(22)11-16/h4-11H,12H2,1-3H3. The first-order chi connectivity index (χ1) is 12.3. The van der Waals surface area contributed by atoms with Gasteiger partial charge in [0, 0.05) is 22.2 Å². The Balaban J connectivity index is 1.95. The lowest BCUT2D eigenvalue weighted by Crippen LogP contribution is -2.26. The van der Waals surface area contributed by atoms with Crippen LogP contribution in [0.4, 0.5) is 0 Å². The van der Waals surface area contributed by atoms with Gasteiger partial charge < -0.3 is 0 Å². The van der Waals surface area contributed by atoms with Crippen LogP contribution in [0.25, 0.3) is 11.3 Å². The van der Waals surface area contributed by atoms with Gasteiger partial charge in [0.15, 0.2) is 5.78 Å². The lowest BCUT2D eigenvalue weighted by atomic mass is 9.98. The highest BCUT2D eigenvalue weighted by molar-refractivity contribution is 6.30. The Bertz CT molecular complexity index is 1050. The van der Waals surface area contributed by atoms with Crippen LogP contribution in [0, 0.1) is 20.8 Å². The molecular weight excluding hydrogens is 348 g/mol. The van der Waals surface area contributed by atoms with Crippen LogP contribution in [-0.2, 0) is 6.54 Å². The smallest absolute Gasteiger partial charge is 0.267 e. The minimum atomic E-state index is -0.314. The Morgan fingerprint density at radius 2 is 1.73 bits per heavy atom. The maximum atomic E-state index is 12.7. The molecule has 0 aliphatic rings. The topological polar surface area (TPSA) is 52.0 Å². The van der Waals surface area contributed by atoms with E-state index < -0.39 is 0 Å². The maximum absolute atomic E-state index is 12.7. The summed E-state index contributed by atoms with van der Waals surface area (Å²) in [6.07, 6.45) is 0. The molecule has 0 atom stereocenters. The van der Waals surface area contributed by atoms with E-state index in [9.17, 15) is 9.59 Å². The number of benzene rings is 2. The Hall–Kier alpha value is -2.72. The molecule has 0 unspecified atom stereocenters. The number of hydrogen-bond donors (Lipinski definition) is 0. The molecule has 0 aliphatic heterocycles. The van der Waals surface area contributed by atoms with Gasteiger partial charge in [0.25, 0.3) is 5.56 Å². The van der Waals surface area contributed by atoms with Crippen molar-refractivity contribution in [2.45, 2.75) is 27.3 Å². The van der Waals surface area contributed by atoms with Crippen molar-refractivity contribution >= 4 is 17.4 Å². The summed E-state index contributed by atoms with van der Waals surface area (Å²) in [5, 5.41) is 4.93. The number of Topliss-reactive ketones (excluding diaryl/α,β-unsaturated/α-hetero) is 1. The molecule has 0 aliphatic carbocycles. The molecule has 0 N–H and O–H groups in total. The monoisotopic (exact) mass is 366 g/mol. The molecule has 2 aromatic carbocycles. The second-order valence-electron chi connectivity index (χ2n) is 6.40. The van der Waals surface area contributed by atoms with Gasteiger partial charge in [-0.15, -0.1) is 0 Å². The fourth-order valence-electron chi connectivity index (χ4n) is 2.85. The summed E-state index contributed by atoms with van der Waals surface area (Å²) in [5.41, 5.74) is 4.78. The van der Waals surface area contributed by atoms with E-state index in [0.29, 0.717) is 16.3 Å². The number of carbonyl (C=O) groups excluding carboxylic acids is 1. The minimum Gasteiger partial charge on any atom is -0.292 e. The summed E-state index contributed by atoms with van der Waals surface area (Å²) in [6.45, 7) is 5.78. The number of aryl methyl sites for hydroxylation is 3. The van der Waals surface area contributed by atoms with Crippen molar-refractivity contribution in [3.63, 3.8) is 0 Å². The zero-order chi connectivity index (χ0) is 18.8. The zero-order valence-corrected chi connectivity index (χ0v) is 15.7. The Labute approximate surface area is 157 Å². The van der Waals surface area contributed by atoms with Crippen LogP contribution in [-0.4, -0.2) is 15.6 Å². The van der Waals surface area contributed by atoms with Crippen LogP contribution in [0.2, 0.25) is 5.02 Å². The van der Waals surface area contributed by atoms with Crippen molar-refractivity contribution in [2.75, 3.05) is 0 Å². The molecule has 0 saturated heterocycles. The number of carbonyl (C=O) groups is 1. The number of halogens is 1. The molecule has 0 saturated carbocycles. The number of hydrogen-bond acceptors (Lipinski definition) is 3. The molecule has 0 bridgehead atoms. The minimum absolute atomic E-state index is 0.101. The van der Waals surface area contributed by atoms with Crippen LogP contribution in [0.15, 0.2) is 53.3 Å². The number of ketones is 1. The largest absolute Gasteiger partial charge is 0.292 e. The van der Waals surface area contributed by atoms with Crippen LogP contribution in [0.1, 0.15) is 27.0 Å². The SMILES string of the molecule is Cc1cc(C)c(C(=O)Cn2nc(-c3cccc(Cl)c3)ccc2=O)cc1C. The summed E-state index contributed by atoms with van der Waals surface area (Å²) in [7, 11) is 0. The number of rotatable bonds is 4. The van der Waals surface area contributed by atoms with Crippen molar-refractivity contribution in [1.82, 2.24) is 9.78 Å². The third-order valence-corrected chi connectivity index (χ3v) is 4.66. The fraction of sp³-hybridized carbons (Fsp3) is 0.190. The second-order valence-corrected chi connectivity index (χ2v) is 6.84. The number of aromatic nitrogens is 2. The van der Waals surface area contributed by atoms with Crippen molar-refractivity contribution < 1.29 is 4.79 Å². The van der Waals surface area contributed by atoms with Gasteiger partial charge in [-0.1, -0.05) is 29.8 Å². The summed E-state index contributed by atoms with van der Waals surface area (Å²) >= 11 is 6.02. The predicted molar refractivity (Wildman–Crippen MR) is 104 cm³/mol. The summed E-state index contributed by atoms with van der Waals surface area (Å²) < 4.78 is 1.20. The van der Waals surface area contributed by atoms with Gasteiger partial charge in [0.05, 0.1) is 5.69 Å². The highest BCUT2D eigenvalue weighted by Gasteiger charge is 2.14. The highest BCUT2D eigenvalue weighted by atomic mass is 35.5. The quantitative estimate of drug-likeness (QED) is 0.644. The van der Waals surface area contributed by atoms with E-state index in [2.05, 4.69) is 5.10 Å². The van der Waals surface area contributed by atoms with Gasteiger partial charge in [-0.25, -0.2) is 4.68 Å². The van der Waals surface area contributed by atoms with Gasteiger partial charge in [0.2, 0.25) is 0 Å². The summed E-state index contributed by atoms with van der Waals surface area (Å²) in [5.74, 6) is -0.136. The molecule has 0 radical (unpaired) electrons. The molecule has 3 aromatic rings. The molecule has 4 nitrogen and oxygen atoms in total. The maximum Gasteiger partial charge on any atom is 0.267 e. The molecule has 0 fully saturated rings. The van der Waals surface area contributed by atoms with Crippen LogP contribution in [0.3, 0.4) is 0 Å². The van der Waals surface area contributed by atoms with Crippen molar-refractivity contribution in [2.24, 2.45) is 0 Å². The van der Waals surface area contributed by atoms with E-state index in [0.717, 1.165) is 22.3 Å². The summed E-state index contributed by atoms with van der Waals surface area (Å²) in [4.78, 5) is 24.9. The van der Waals surface area contributed by atoms with Crippen molar-refractivity contribution in [3.05, 3.63) is 86.2 Å². The van der Waals surface area contributed by atoms with Gasteiger partial charge in [-0.2, -0.15) is 5.10 Å². The van der Waals surface area contributed by atoms with Gasteiger partial charge in [-0.05, 0) is 61.7 Å². The van der Waals surface area contributed by atoms with Gasteiger partial charge in [0.1, 0.15) is 6.54 Å². The zero-order valence-electron chi connectivity index (χ0n) is 14.9. The normalized spacial score (nSPS) is 10.8. The van der Waals surface area contributed by atoms with E-state index in [1.807, 2.05) is 45.0 Å². The fourth-order valence-corrected chi connectivity index (χ4v) is 3.04. The van der Waals surface area contributed by atoms with Crippen LogP contribution >= 0.6 is 11.6 Å². The third-order valence-electron chi connectivity index (χ3n) is 4.42. The lowest BCUT2D eigenvalue weighted by Gasteiger charge is -2.11. The Kier molecular flexibility index (Phi) is 5.05. The van der Waals surface area contributed by atoms with E-state index in [1.165, 1.54) is 10.7 Å². The van der Waals surface area contributed by atoms with Crippen molar-refractivity contribution in [1.29, 1.82) is 0 Å². The molecule has 1 heterocycles. The van der Waals surface area contributed by atoms with Gasteiger partial charge >= 0.3 is 0 Å². The van der Waals surface area contributed by atoms with Gasteiger partial charge in [-0.3, -0.25) is 9.59 Å². The number of nitrogens with zero attached hydrogens (tertiary/aromatic N) is 2. The van der Waals surface area contributed by atoms with E-state index >= 15 is 0 Å². The highest BCUT2D eigenvalue weighted by Crippen LogP contribution is 2.20. The Morgan fingerprint density at radius 1 is 1.00 bits per heavy atom. The van der Waals surface area contributed by atoms with E-state index in [-0.39, 0.29) is 17.9 Å². The predicted octanol–water partition coefficient (Wildman–Crippen LogP) is 4.37. The second kappa shape index (κ2) is 7.26. The Morgan fingerprint density at radius 3 is 2.46 bits per heavy atom. The first-order valence-corrected chi connectivity index (χ1v) is 8.68. The lowest BCUT2D eigenvalue weighted by molar-refractivity contribution is 0.0965. The van der Waals surface area contributed by atoms with E-state index in [4.69, 9.17) is 11.6 Å². The molecule has 3 rings (SSSR count). The first-order valence-electron chi connectivity index (χ1n) is 8.30.